The summed E-state index contributed by atoms with van der Waals surface area (Å²) in [5.74, 6) is 1.02. The summed E-state index contributed by atoms with van der Waals surface area (Å²) < 4.78 is 5.49. The zero-order valence-corrected chi connectivity index (χ0v) is 11.3. The van der Waals surface area contributed by atoms with Crippen molar-refractivity contribution in [1.82, 2.24) is 5.32 Å². The Balaban J connectivity index is 1.71. The number of carbonyl (C=O) groups is 1. The van der Waals surface area contributed by atoms with E-state index in [1.165, 1.54) is 12.8 Å². The van der Waals surface area contributed by atoms with Gasteiger partial charge in [-0.15, -0.1) is 0 Å². The number of carbonyl (C=O) groups excluding carboxylic acids is 1. The Hall–Kier alpha value is -1.55. The van der Waals surface area contributed by atoms with E-state index in [4.69, 9.17) is 4.74 Å². The minimum Gasteiger partial charge on any atom is -0.494 e. The van der Waals surface area contributed by atoms with E-state index in [9.17, 15) is 4.79 Å². The highest BCUT2D eigenvalue weighted by Gasteiger charge is 2.36. The summed E-state index contributed by atoms with van der Waals surface area (Å²) in [6.07, 6.45) is 3.32. The highest BCUT2D eigenvalue weighted by atomic mass is 16.5. The molecule has 1 unspecified atom stereocenters. The Labute approximate surface area is 113 Å². The molecule has 1 saturated carbocycles. The molecule has 1 N–H and O–H groups in total. The lowest BCUT2D eigenvalue weighted by molar-refractivity contribution is -0.118. The fraction of sp³-hybridized carbons (Fsp3) is 0.533. The van der Waals surface area contributed by atoms with Gasteiger partial charge in [0, 0.05) is 24.3 Å². The number of ether oxygens (including phenoxy) is 1. The van der Waals surface area contributed by atoms with E-state index < -0.39 is 0 Å². The van der Waals surface area contributed by atoms with Crippen molar-refractivity contribution in [2.45, 2.75) is 38.3 Å². The van der Waals surface area contributed by atoms with Gasteiger partial charge >= 0.3 is 0 Å². The van der Waals surface area contributed by atoms with Crippen LogP contribution in [0.4, 0.5) is 5.69 Å². The van der Waals surface area contributed by atoms with Crippen molar-refractivity contribution < 1.29 is 9.53 Å². The minimum atomic E-state index is 0.00301. The summed E-state index contributed by atoms with van der Waals surface area (Å²) in [7, 11) is 0. The second-order valence-corrected chi connectivity index (χ2v) is 5.20. The molecule has 0 aromatic heterocycles. The minimum absolute atomic E-state index is 0.00301. The molecule has 0 radical (unpaired) electrons. The Kier molecular flexibility index (Phi) is 3.42. The van der Waals surface area contributed by atoms with Crippen LogP contribution >= 0.6 is 0 Å². The van der Waals surface area contributed by atoms with Crippen LogP contribution in [-0.4, -0.2) is 31.1 Å². The summed E-state index contributed by atoms with van der Waals surface area (Å²) in [6, 6.07) is 8.36. The quantitative estimate of drug-likeness (QED) is 0.879. The number of hydrogen-bond acceptors (Lipinski definition) is 3. The number of rotatable bonds is 5. The van der Waals surface area contributed by atoms with Crippen LogP contribution < -0.4 is 15.0 Å². The largest absolute Gasteiger partial charge is 0.494 e. The average Bonchev–Trinajstić information content (AvgIpc) is 3.15. The molecule has 2 aliphatic rings. The SMILES string of the molecule is CCOc1cccc(N2CCC(NC3CC3)C2=O)c1. The molecule has 1 heterocycles. The molecule has 1 aliphatic carbocycles. The highest BCUT2D eigenvalue weighted by molar-refractivity contribution is 5.99. The van der Waals surface area contributed by atoms with Gasteiger partial charge in [-0.1, -0.05) is 6.07 Å². The fourth-order valence-corrected chi connectivity index (χ4v) is 2.53. The molecule has 4 heteroatoms. The third-order valence-electron chi connectivity index (χ3n) is 3.66. The number of nitrogens with one attached hydrogen (secondary N) is 1. The lowest BCUT2D eigenvalue weighted by Gasteiger charge is -2.18. The van der Waals surface area contributed by atoms with E-state index in [0.717, 1.165) is 24.4 Å². The van der Waals surface area contributed by atoms with E-state index in [-0.39, 0.29) is 11.9 Å². The Morgan fingerprint density at radius 2 is 2.21 bits per heavy atom. The molecular formula is C15H20N2O2. The van der Waals surface area contributed by atoms with Crippen LogP contribution in [-0.2, 0) is 4.79 Å². The monoisotopic (exact) mass is 260 g/mol. The van der Waals surface area contributed by atoms with E-state index in [1.54, 1.807) is 0 Å². The molecule has 1 aromatic rings. The standard InChI is InChI=1S/C15H20N2O2/c1-2-19-13-5-3-4-12(10-13)17-9-8-14(15(17)18)16-11-6-7-11/h3-5,10-11,14,16H,2,6-9H2,1H3. The lowest BCUT2D eigenvalue weighted by Crippen LogP contribution is -2.39. The maximum absolute atomic E-state index is 12.4. The first kappa shape index (κ1) is 12.5. The zero-order chi connectivity index (χ0) is 13.2. The van der Waals surface area contributed by atoms with Gasteiger partial charge in [-0.2, -0.15) is 0 Å². The van der Waals surface area contributed by atoms with Gasteiger partial charge in [0.2, 0.25) is 5.91 Å². The lowest BCUT2D eigenvalue weighted by atomic mass is 10.2. The van der Waals surface area contributed by atoms with Gasteiger partial charge in [-0.25, -0.2) is 0 Å². The van der Waals surface area contributed by atoms with Gasteiger partial charge in [-0.05, 0) is 38.3 Å². The van der Waals surface area contributed by atoms with Crippen molar-refractivity contribution in [2.24, 2.45) is 0 Å². The maximum atomic E-state index is 12.4. The third kappa shape index (κ3) is 2.73. The Bertz CT molecular complexity index is 471. The predicted molar refractivity (Wildman–Crippen MR) is 74.5 cm³/mol. The second kappa shape index (κ2) is 5.21. The van der Waals surface area contributed by atoms with Crippen molar-refractivity contribution in [3.8, 4) is 5.75 Å². The molecule has 4 nitrogen and oxygen atoms in total. The van der Waals surface area contributed by atoms with Crippen LogP contribution in [0.1, 0.15) is 26.2 Å². The van der Waals surface area contributed by atoms with Gasteiger partial charge < -0.3 is 15.0 Å². The molecule has 1 aromatic carbocycles. The number of anilines is 1. The summed E-state index contributed by atoms with van der Waals surface area (Å²) >= 11 is 0. The molecule has 102 valence electrons. The van der Waals surface area contributed by atoms with Crippen molar-refractivity contribution in [2.75, 3.05) is 18.1 Å². The molecule has 0 spiro atoms. The first-order chi connectivity index (χ1) is 9.28. The van der Waals surface area contributed by atoms with Gasteiger partial charge in [0.25, 0.3) is 0 Å². The summed E-state index contributed by atoms with van der Waals surface area (Å²) in [4.78, 5) is 14.2. The average molecular weight is 260 g/mol. The van der Waals surface area contributed by atoms with Crippen LogP contribution in [0.15, 0.2) is 24.3 Å². The highest BCUT2D eigenvalue weighted by Crippen LogP contribution is 2.27. The fourth-order valence-electron chi connectivity index (χ4n) is 2.53. The van der Waals surface area contributed by atoms with Crippen molar-refractivity contribution in [1.29, 1.82) is 0 Å². The Morgan fingerprint density at radius 1 is 1.37 bits per heavy atom. The zero-order valence-electron chi connectivity index (χ0n) is 11.3. The van der Waals surface area contributed by atoms with Crippen molar-refractivity contribution in [3.05, 3.63) is 24.3 Å². The number of amides is 1. The van der Waals surface area contributed by atoms with Crippen LogP contribution in [0.2, 0.25) is 0 Å². The van der Waals surface area contributed by atoms with Crippen LogP contribution in [0.5, 0.6) is 5.75 Å². The summed E-state index contributed by atoms with van der Waals surface area (Å²) in [6.45, 7) is 3.39. The number of nitrogens with zero attached hydrogens (tertiary/aromatic N) is 1. The maximum Gasteiger partial charge on any atom is 0.244 e. The second-order valence-electron chi connectivity index (χ2n) is 5.20. The smallest absolute Gasteiger partial charge is 0.244 e. The summed E-state index contributed by atoms with van der Waals surface area (Å²) in [5.41, 5.74) is 0.941. The molecule has 0 bridgehead atoms. The van der Waals surface area contributed by atoms with Gasteiger partial charge in [0.1, 0.15) is 5.75 Å². The third-order valence-corrected chi connectivity index (χ3v) is 3.66. The normalized spacial score (nSPS) is 22.9. The van der Waals surface area contributed by atoms with Gasteiger partial charge in [-0.3, -0.25) is 4.79 Å². The van der Waals surface area contributed by atoms with E-state index in [1.807, 2.05) is 36.1 Å². The molecular weight excluding hydrogens is 240 g/mol. The van der Waals surface area contributed by atoms with Crippen LogP contribution in [0, 0.1) is 0 Å². The molecule has 3 rings (SSSR count). The van der Waals surface area contributed by atoms with Crippen molar-refractivity contribution in [3.63, 3.8) is 0 Å². The number of benzene rings is 1. The molecule has 19 heavy (non-hydrogen) atoms. The van der Waals surface area contributed by atoms with E-state index in [0.29, 0.717) is 12.6 Å². The number of hydrogen-bond donors (Lipinski definition) is 1. The first-order valence-corrected chi connectivity index (χ1v) is 7.08. The van der Waals surface area contributed by atoms with Crippen LogP contribution in [0.3, 0.4) is 0 Å². The molecule has 2 fully saturated rings. The van der Waals surface area contributed by atoms with Crippen molar-refractivity contribution >= 4 is 11.6 Å². The molecule has 1 saturated heterocycles. The predicted octanol–water partition coefficient (Wildman–Crippen LogP) is 1.94. The molecule has 1 aliphatic heterocycles. The topological polar surface area (TPSA) is 41.6 Å². The van der Waals surface area contributed by atoms with E-state index >= 15 is 0 Å². The summed E-state index contributed by atoms with van der Waals surface area (Å²) in [5, 5.41) is 3.42. The van der Waals surface area contributed by atoms with E-state index in [2.05, 4.69) is 5.32 Å². The van der Waals surface area contributed by atoms with Gasteiger partial charge in [0.15, 0.2) is 0 Å². The molecule has 1 amide bonds. The Morgan fingerprint density at radius 3 is 2.95 bits per heavy atom. The first-order valence-electron chi connectivity index (χ1n) is 7.08. The molecule has 1 atom stereocenters. The van der Waals surface area contributed by atoms with Gasteiger partial charge in [0.05, 0.1) is 12.6 Å². The van der Waals surface area contributed by atoms with Crippen LogP contribution in [0.25, 0.3) is 0 Å².